The zero-order chi connectivity index (χ0) is 14.4. The highest BCUT2D eigenvalue weighted by atomic mass is 16.2. The Morgan fingerprint density at radius 2 is 1.95 bits per heavy atom. The fourth-order valence-corrected chi connectivity index (χ4v) is 3.71. The van der Waals surface area contributed by atoms with Gasteiger partial charge in [-0.3, -0.25) is 4.79 Å². The van der Waals surface area contributed by atoms with Crippen LogP contribution in [-0.4, -0.2) is 23.9 Å². The molecule has 3 atom stereocenters. The third-order valence-electron chi connectivity index (χ3n) is 4.91. The molecular formula is C17H33NO. The molecule has 1 amide bonds. The molecule has 1 rings (SSSR count). The summed E-state index contributed by atoms with van der Waals surface area (Å²) in [6.07, 6.45) is 8.21. The maximum absolute atomic E-state index is 12.2. The van der Waals surface area contributed by atoms with Crippen LogP contribution in [-0.2, 0) is 4.79 Å². The van der Waals surface area contributed by atoms with Crippen molar-refractivity contribution in [2.45, 2.75) is 78.7 Å². The smallest absolute Gasteiger partial charge is 0.222 e. The first-order valence-corrected chi connectivity index (χ1v) is 8.24. The zero-order valence-electron chi connectivity index (χ0n) is 13.6. The van der Waals surface area contributed by atoms with E-state index in [4.69, 9.17) is 0 Å². The molecule has 1 aliphatic heterocycles. The SMILES string of the molecule is CCCCCC(C)C1C(C(C)C)CCCC(=O)N1C. The fraction of sp³-hybridized carbons (Fsp3) is 0.941. The number of nitrogens with zero attached hydrogens (tertiary/aromatic N) is 1. The topological polar surface area (TPSA) is 20.3 Å². The van der Waals surface area contributed by atoms with Crippen LogP contribution in [0.5, 0.6) is 0 Å². The van der Waals surface area contributed by atoms with E-state index in [1.54, 1.807) is 0 Å². The first-order chi connectivity index (χ1) is 8.99. The van der Waals surface area contributed by atoms with Crippen LogP contribution in [0.4, 0.5) is 0 Å². The summed E-state index contributed by atoms with van der Waals surface area (Å²) < 4.78 is 0. The highest BCUT2D eigenvalue weighted by Gasteiger charge is 2.35. The van der Waals surface area contributed by atoms with Crippen molar-refractivity contribution in [2.75, 3.05) is 7.05 Å². The Labute approximate surface area is 119 Å². The molecule has 0 bridgehead atoms. The number of carbonyl (C=O) groups excluding carboxylic acids is 1. The van der Waals surface area contributed by atoms with Gasteiger partial charge in [-0.05, 0) is 37.0 Å². The van der Waals surface area contributed by atoms with Gasteiger partial charge in [-0.15, -0.1) is 0 Å². The normalized spacial score (nSPS) is 26.6. The van der Waals surface area contributed by atoms with E-state index in [2.05, 4.69) is 32.6 Å². The second-order valence-electron chi connectivity index (χ2n) is 6.77. The molecule has 1 fully saturated rings. The van der Waals surface area contributed by atoms with Crippen molar-refractivity contribution in [1.29, 1.82) is 0 Å². The van der Waals surface area contributed by atoms with E-state index in [0.29, 0.717) is 29.7 Å². The minimum atomic E-state index is 0.357. The van der Waals surface area contributed by atoms with Crippen LogP contribution < -0.4 is 0 Å². The van der Waals surface area contributed by atoms with Crippen molar-refractivity contribution in [1.82, 2.24) is 4.90 Å². The lowest BCUT2D eigenvalue weighted by Crippen LogP contribution is -2.45. The van der Waals surface area contributed by atoms with Crippen LogP contribution in [0.3, 0.4) is 0 Å². The van der Waals surface area contributed by atoms with E-state index in [1.807, 2.05) is 7.05 Å². The summed E-state index contributed by atoms with van der Waals surface area (Å²) in [5.74, 6) is 2.33. The van der Waals surface area contributed by atoms with Crippen molar-refractivity contribution < 1.29 is 4.79 Å². The van der Waals surface area contributed by atoms with E-state index in [9.17, 15) is 4.79 Å². The van der Waals surface area contributed by atoms with Gasteiger partial charge in [0.25, 0.3) is 0 Å². The van der Waals surface area contributed by atoms with Gasteiger partial charge < -0.3 is 4.90 Å². The molecule has 0 aliphatic carbocycles. The molecule has 3 unspecified atom stereocenters. The Morgan fingerprint density at radius 1 is 1.26 bits per heavy atom. The van der Waals surface area contributed by atoms with E-state index in [-0.39, 0.29) is 0 Å². The molecule has 0 aromatic carbocycles. The molecule has 2 nitrogen and oxygen atoms in total. The number of hydrogen-bond acceptors (Lipinski definition) is 1. The summed E-state index contributed by atoms with van der Waals surface area (Å²) >= 11 is 0. The first-order valence-electron chi connectivity index (χ1n) is 8.24. The van der Waals surface area contributed by atoms with Crippen molar-refractivity contribution >= 4 is 5.91 Å². The number of rotatable bonds is 6. The quantitative estimate of drug-likeness (QED) is 0.649. The average molecular weight is 267 g/mol. The van der Waals surface area contributed by atoms with E-state index in [0.717, 1.165) is 12.8 Å². The fourth-order valence-electron chi connectivity index (χ4n) is 3.71. The molecule has 19 heavy (non-hydrogen) atoms. The molecule has 1 aliphatic rings. The summed E-state index contributed by atoms with van der Waals surface area (Å²) in [5.41, 5.74) is 0. The third kappa shape index (κ3) is 4.50. The zero-order valence-corrected chi connectivity index (χ0v) is 13.6. The van der Waals surface area contributed by atoms with E-state index >= 15 is 0 Å². The van der Waals surface area contributed by atoms with E-state index in [1.165, 1.54) is 32.1 Å². The molecule has 2 heteroatoms. The van der Waals surface area contributed by atoms with Crippen LogP contribution in [0.15, 0.2) is 0 Å². The van der Waals surface area contributed by atoms with Crippen LogP contribution >= 0.6 is 0 Å². The minimum absolute atomic E-state index is 0.357. The Bertz CT molecular complexity index is 274. The summed E-state index contributed by atoms with van der Waals surface area (Å²) in [6, 6.07) is 0.451. The van der Waals surface area contributed by atoms with Gasteiger partial charge in [-0.1, -0.05) is 47.0 Å². The van der Waals surface area contributed by atoms with Crippen molar-refractivity contribution in [2.24, 2.45) is 17.8 Å². The van der Waals surface area contributed by atoms with Gasteiger partial charge in [-0.2, -0.15) is 0 Å². The highest BCUT2D eigenvalue weighted by molar-refractivity contribution is 5.76. The summed E-state index contributed by atoms with van der Waals surface area (Å²) in [7, 11) is 2.03. The summed E-state index contributed by atoms with van der Waals surface area (Å²) in [4.78, 5) is 14.2. The molecule has 0 spiro atoms. The Balaban J connectivity index is 2.76. The molecular weight excluding hydrogens is 234 g/mol. The van der Waals surface area contributed by atoms with Gasteiger partial charge in [-0.25, -0.2) is 0 Å². The average Bonchev–Trinajstić information content (AvgIpc) is 2.50. The van der Waals surface area contributed by atoms with Crippen LogP contribution in [0.25, 0.3) is 0 Å². The number of likely N-dealkylation sites (tertiary alicyclic amines) is 1. The minimum Gasteiger partial charge on any atom is -0.342 e. The van der Waals surface area contributed by atoms with Crippen molar-refractivity contribution in [3.05, 3.63) is 0 Å². The lowest BCUT2D eigenvalue weighted by atomic mass is 9.78. The lowest BCUT2D eigenvalue weighted by Gasteiger charge is -2.39. The second-order valence-corrected chi connectivity index (χ2v) is 6.77. The molecule has 0 aromatic heterocycles. The molecule has 0 N–H and O–H groups in total. The second kappa shape index (κ2) is 7.91. The van der Waals surface area contributed by atoms with Crippen LogP contribution in [0, 0.1) is 17.8 Å². The van der Waals surface area contributed by atoms with Gasteiger partial charge in [0.15, 0.2) is 0 Å². The van der Waals surface area contributed by atoms with Crippen molar-refractivity contribution in [3.63, 3.8) is 0 Å². The summed E-state index contributed by atoms with van der Waals surface area (Å²) in [6.45, 7) is 9.24. The maximum Gasteiger partial charge on any atom is 0.222 e. The van der Waals surface area contributed by atoms with E-state index < -0.39 is 0 Å². The van der Waals surface area contributed by atoms with Gasteiger partial charge in [0, 0.05) is 19.5 Å². The Kier molecular flexibility index (Phi) is 6.88. The molecule has 0 saturated carbocycles. The predicted molar refractivity (Wildman–Crippen MR) is 82.0 cm³/mol. The van der Waals surface area contributed by atoms with Crippen molar-refractivity contribution in [3.8, 4) is 0 Å². The Hall–Kier alpha value is -0.530. The predicted octanol–water partition coefficient (Wildman–Crippen LogP) is 4.49. The first kappa shape index (κ1) is 16.5. The number of amides is 1. The molecule has 0 aromatic rings. The number of carbonyl (C=O) groups is 1. The number of hydrogen-bond donors (Lipinski definition) is 0. The maximum atomic E-state index is 12.2. The molecule has 1 heterocycles. The summed E-state index contributed by atoms with van der Waals surface area (Å²) in [5, 5.41) is 0. The molecule has 112 valence electrons. The van der Waals surface area contributed by atoms with Crippen LogP contribution in [0.2, 0.25) is 0 Å². The molecule has 0 radical (unpaired) electrons. The molecule has 1 saturated heterocycles. The van der Waals surface area contributed by atoms with Gasteiger partial charge in [0.05, 0.1) is 0 Å². The monoisotopic (exact) mass is 267 g/mol. The van der Waals surface area contributed by atoms with Gasteiger partial charge in [0.2, 0.25) is 5.91 Å². The van der Waals surface area contributed by atoms with Gasteiger partial charge >= 0.3 is 0 Å². The number of unbranched alkanes of at least 4 members (excludes halogenated alkanes) is 2. The van der Waals surface area contributed by atoms with Gasteiger partial charge in [0.1, 0.15) is 0 Å². The largest absolute Gasteiger partial charge is 0.342 e. The standard InChI is InChI=1S/C17H33NO/c1-6-7-8-10-14(4)17-15(13(2)3)11-9-12-16(19)18(17)5/h13-15,17H,6-12H2,1-5H3. The third-order valence-corrected chi connectivity index (χ3v) is 4.91. The highest BCUT2D eigenvalue weighted by Crippen LogP contribution is 2.34. The Morgan fingerprint density at radius 3 is 2.53 bits per heavy atom. The van der Waals surface area contributed by atoms with Crippen LogP contribution in [0.1, 0.15) is 72.6 Å². The lowest BCUT2D eigenvalue weighted by molar-refractivity contribution is -0.133.